The Balaban J connectivity index is 2.34. The summed E-state index contributed by atoms with van der Waals surface area (Å²) in [7, 11) is 0. The van der Waals surface area contributed by atoms with Crippen molar-refractivity contribution in [1.82, 2.24) is 4.98 Å². The molecule has 0 aromatic carbocycles. The van der Waals surface area contributed by atoms with E-state index in [4.69, 9.17) is 5.73 Å². The Kier molecular flexibility index (Phi) is 3.22. The fraction of sp³-hybridized carbons (Fsp3) is 0.417. The fourth-order valence-corrected chi connectivity index (χ4v) is 2.67. The topological polar surface area (TPSA) is 38.9 Å². The molecule has 0 bridgehead atoms. The minimum absolute atomic E-state index is 0.0234. The molecule has 1 aliphatic rings. The van der Waals surface area contributed by atoms with Crippen molar-refractivity contribution in [3.8, 4) is 0 Å². The summed E-state index contributed by atoms with van der Waals surface area (Å²) in [6.45, 7) is 3.70. The van der Waals surface area contributed by atoms with Crippen molar-refractivity contribution in [2.45, 2.75) is 31.7 Å². The molecule has 1 unspecified atom stereocenters. The molecule has 2 nitrogen and oxygen atoms in total. The van der Waals surface area contributed by atoms with Crippen LogP contribution in [-0.2, 0) is 12.8 Å². The standard InChI is InChI=1S/C12H15BrN2/c1-2-4-10(14)12-7-9(13)8-5-3-6-11(8)15-12/h2,7,10H,1,3-6,14H2. The molecule has 1 heterocycles. The zero-order valence-corrected chi connectivity index (χ0v) is 10.3. The molecule has 0 amide bonds. The summed E-state index contributed by atoms with van der Waals surface area (Å²) in [6.07, 6.45) is 6.05. The van der Waals surface area contributed by atoms with E-state index < -0.39 is 0 Å². The minimum atomic E-state index is -0.0234. The molecule has 0 aliphatic heterocycles. The SMILES string of the molecule is C=CCC(N)c1cc(Br)c2c(n1)CCC2. The molecule has 1 aromatic heterocycles. The van der Waals surface area contributed by atoms with Crippen LogP contribution in [0.25, 0.3) is 0 Å². The Hall–Kier alpha value is -0.670. The number of aromatic nitrogens is 1. The van der Waals surface area contributed by atoms with Crippen molar-refractivity contribution < 1.29 is 0 Å². The summed E-state index contributed by atoms with van der Waals surface area (Å²) in [6, 6.07) is 2.03. The van der Waals surface area contributed by atoms with E-state index in [1.165, 1.54) is 22.2 Å². The second-order valence-corrected chi connectivity index (χ2v) is 4.79. The number of hydrogen-bond donors (Lipinski definition) is 1. The van der Waals surface area contributed by atoms with Crippen LogP contribution in [0.1, 0.15) is 35.8 Å². The van der Waals surface area contributed by atoms with Gasteiger partial charge in [0, 0.05) is 10.2 Å². The van der Waals surface area contributed by atoms with Crippen molar-refractivity contribution in [2.75, 3.05) is 0 Å². The van der Waals surface area contributed by atoms with Crippen LogP contribution in [-0.4, -0.2) is 4.98 Å². The van der Waals surface area contributed by atoms with E-state index in [1.807, 2.05) is 6.08 Å². The number of hydrogen-bond acceptors (Lipinski definition) is 2. The molecule has 1 aromatic rings. The van der Waals surface area contributed by atoms with Crippen LogP contribution in [0.3, 0.4) is 0 Å². The quantitative estimate of drug-likeness (QED) is 0.855. The molecule has 0 radical (unpaired) electrons. The first-order valence-corrected chi connectivity index (χ1v) is 6.06. The van der Waals surface area contributed by atoms with Crippen molar-refractivity contribution in [2.24, 2.45) is 5.73 Å². The van der Waals surface area contributed by atoms with Gasteiger partial charge in [0.05, 0.1) is 11.7 Å². The highest BCUT2D eigenvalue weighted by atomic mass is 79.9. The fourth-order valence-electron chi connectivity index (χ4n) is 2.00. The van der Waals surface area contributed by atoms with Gasteiger partial charge in [-0.25, -0.2) is 0 Å². The lowest BCUT2D eigenvalue weighted by Gasteiger charge is -2.11. The lowest BCUT2D eigenvalue weighted by Crippen LogP contribution is -2.12. The van der Waals surface area contributed by atoms with Crippen LogP contribution in [0.15, 0.2) is 23.2 Å². The number of nitrogens with two attached hydrogens (primary N) is 1. The van der Waals surface area contributed by atoms with Gasteiger partial charge in [0.2, 0.25) is 0 Å². The molecule has 2 rings (SSSR count). The normalized spacial score (nSPS) is 16.1. The molecular formula is C12H15BrN2. The lowest BCUT2D eigenvalue weighted by atomic mass is 10.1. The van der Waals surface area contributed by atoms with Crippen LogP contribution in [0.5, 0.6) is 0 Å². The summed E-state index contributed by atoms with van der Waals surface area (Å²) in [4.78, 5) is 4.63. The highest BCUT2D eigenvalue weighted by molar-refractivity contribution is 9.10. The van der Waals surface area contributed by atoms with E-state index in [1.54, 1.807) is 0 Å². The summed E-state index contributed by atoms with van der Waals surface area (Å²) in [5.41, 5.74) is 9.57. The third kappa shape index (κ3) is 2.13. The predicted octanol–water partition coefficient (Wildman–Crippen LogP) is 2.91. The van der Waals surface area contributed by atoms with Gasteiger partial charge < -0.3 is 5.73 Å². The van der Waals surface area contributed by atoms with Crippen molar-refractivity contribution in [1.29, 1.82) is 0 Å². The zero-order chi connectivity index (χ0) is 10.8. The summed E-state index contributed by atoms with van der Waals surface area (Å²) in [5, 5.41) is 0. The summed E-state index contributed by atoms with van der Waals surface area (Å²) >= 11 is 3.60. The Morgan fingerprint density at radius 3 is 3.13 bits per heavy atom. The average molecular weight is 267 g/mol. The number of pyridine rings is 1. The van der Waals surface area contributed by atoms with Gasteiger partial charge in [-0.05, 0) is 37.3 Å². The molecule has 0 saturated heterocycles. The Labute approximate surface area is 98.7 Å². The number of rotatable bonds is 3. The smallest absolute Gasteiger partial charge is 0.0588 e. The molecule has 0 fully saturated rings. The van der Waals surface area contributed by atoms with E-state index in [-0.39, 0.29) is 6.04 Å². The van der Waals surface area contributed by atoms with Crippen LogP contribution >= 0.6 is 15.9 Å². The summed E-state index contributed by atoms with van der Waals surface area (Å²) < 4.78 is 1.17. The molecular weight excluding hydrogens is 252 g/mol. The molecule has 0 spiro atoms. The van der Waals surface area contributed by atoms with E-state index in [2.05, 4.69) is 33.6 Å². The number of fused-ring (bicyclic) bond motifs is 1. The zero-order valence-electron chi connectivity index (χ0n) is 8.67. The van der Waals surface area contributed by atoms with E-state index >= 15 is 0 Å². The van der Waals surface area contributed by atoms with Gasteiger partial charge in [0.1, 0.15) is 0 Å². The Morgan fingerprint density at radius 2 is 2.40 bits per heavy atom. The molecule has 1 aliphatic carbocycles. The maximum atomic E-state index is 6.01. The van der Waals surface area contributed by atoms with Gasteiger partial charge in [-0.15, -0.1) is 6.58 Å². The highest BCUT2D eigenvalue weighted by Gasteiger charge is 2.18. The number of nitrogens with zero attached hydrogens (tertiary/aromatic N) is 1. The van der Waals surface area contributed by atoms with E-state index in [0.29, 0.717) is 0 Å². The van der Waals surface area contributed by atoms with Crippen LogP contribution < -0.4 is 5.73 Å². The third-order valence-corrected chi connectivity index (χ3v) is 3.52. The summed E-state index contributed by atoms with van der Waals surface area (Å²) in [5.74, 6) is 0. The molecule has 3 heteroatoms. The van der Waals surface area contributed by atoms with E-state index in [9.17, 15) is 0 Å². The highest BCUT2D eigenvalue weighted by Crippen LogP contribution is 2.30. The van der Waals surface area contributed by atoms with E-state index in [0.717, 1.165) is 25.0 Å². The van der Waals surface area contributed by atoms with Crippen LogP contribution in [0.2, 0.25) is 0 Å². The number of halogens is 1. The lowest BCUT2D eigenvalue weighted by molar-refractivity contribution is 0.707. The van der Waals surface area contributed by atoms with Crippen molar-refractivity contribution in [3.63, 3.8) is 0 Å². The first-order valence-electron chi connectivity index (χ1n) is 5.27. The van der Waals surface area contributed by atoms with Gasteiger partial charge in [0.25, 0.3) is 0 Å². The molecule has 1 atom stereocenters. The Morgan fingerprint density at radius 1 is 1.60 bits per heavy atom. The van der Waals surface area contributed by atoms with Gasteiger partial charge in [-0.1, -0.05) is 22.0 Å². The molecule has 15 heavy (non-hydrogen) atoms. The van der Waals surface area contributed by atoms with Gasteiger partial charge in [-0.3, -0.25) is 4.98 Å². The average Bonchev–Trinajstić information content (AvgIpc) is 2.66. The second kappa shape index (κ2) is 4.45. The van der Waals surface area contributed by atoms with Gasteiger partial charge >= 0.3 is 0 Å². The minimum Gasteiger partial charge on any atom is -0.322 e. The maximum Gasteiger partial charge on any atom is 0.0588 e. The van der Waals surface area contributed by atoms with Crippen LogP contribution in [0.4, 0.5) is 0 Å². The second-order valence-electron chi connectivity index (χ2n) is 3.94. The monoisotopic (exact) mass is 266 g/mol. The Bertz CT molecular complexity index is 387. The van der Waals surface area contributed by atoms with Crippen LogP contribution in [0, 0.1) is 0 Å². The van der Waals surface area contributed by atoms with Crippen molar-refractivity contribution >= 4 is 15.9 Å². The molecule has 80 valence electrons. The van der Waals surface area contributed by atoms with Crippen molar-refractivity contribution in [3.05, 3.63) is 40.1 Å². The molecule has 2 N–H and O–H groups in total. The first-order chi connectivity index (χ1) is 7.22. The third-order valence-electron chi connectivity index (χ3n) is 2.82. The predicted molar refractivity (Wildman–Crippen MR) is 65.7 cm³/mol. The van der Waals surface area contributed by atoms with Gasteiger partial charge in [-0.2, -0.15) is 0 Å². The largest absolute Gasteiger partial charge is 0.322 e. The first kappa shape index (κ1) is 10.8. The maximum absolute atomic E-state index is 6.01. The molecule has 0 saturated carbocycles. The number of aryl methyl sites for hydroxylation is 1. The van der Waals surface area contributed by atoms with Gasteiger partial charge in [0.15, 0.2) is 0 Å².